The number of ketones is 1. The Kier molecular flexibility index (Phi) is 6.96. The number of carbonyl (C=O) groups is 1. The van der Waals surface area contributed by atoms with Crippen molar-refractivity contribution in [1.29, 1.82) is 0 Å². The van der Waals surface area contributed by atoms with Gasteiger partial charge in [-0.25, -0.2) is 4.39 Å². The van der Waals surface area contributed by atoms with Crippen LogP contribution in [0.3, 0.4) is 0 Å². The lowest BCUT2D eigenvalue weighted by molar-refractivity contribution is 0.0975. The molecule has 0 aromatic heterocycles. The van der Waals surface area contributed by atoms with Crippen molar-refractivity contribution in [3.63, 3.8) is 0 Å². The highest BCUT2D eigenvalue weighted by atomic mass is 35.5. The van der Waals surface area contributed by atoms with Crippen LogP contribution in [0.4, 0.5) is 4.39 Å². The first-order valence-corrected chi connectivity index (χ1v) is 7.01. The monoisotopic (exact) mass is 270 g/mol. The van der Waals surface area contributed by atoms with Crippen LogP contribution in [0, 0.1) is 5.82 Å². The largest absolute Gasteiger partial charge is 0.294 e. The van der Waals surface area contributed by atoms with E-state index in [2.05, 4.69) is 6.92 Å². The van der Waals surface area contributed by atoms with Gasteiger partial charge in [-0.05, 0) is 24.6 Å². The SMILES string of the molecule is CCCCCCCCC(=O)c1cc(Cl)ccc1F. The summed E-state index contributed by atoms with van der Waals surface area (Å²) < 4.78 is 13.4. The average molecular weight is 271 g/mol. The van der Waals surface area contributed by atoms with Gasteiger partial charge in [-0.3, -0.25) is 4.79 Å². The Labute approximate surface area is 113 Å². The fourth-order valence-corrected chi connectivity index (χ4v) is 2.08. The quantitative estimate of drug-likeness (QED) is 0.456. The molecular weight excluding hydrogens is 251 g/mol. The van der Waals surface area contributed by atoms with E-state index in [-0.39, 0.29) is 11.3 Å². The molecule has 100 valence electrons. The minimum Gasteiger partial charge on any atom is -0.294 e. The Morgan fingerprint density at radius 3 is 2.56 bits per heavy atom. The van der Waals surface area contributed by atoms with Crippen molar-refractivity contribution in [1.82, 2.24) is 0 Å². The zero-order valence-electron chi connectivity index (χ0n) is 10.8. The Balaban J connectivity index is 2.34. The van der Waals surface area contributed by atoms with Gasteiger partial charge >= 0.3 is 0 Å². The number of benzene rings is 1. The summed E-state index contributed by atoms with van der Waals surface area (Å²) in [5.74, 6) is -0.624. The van der Waals surface area contributed by atoms with Gasteiger partial charge in [0, 0.05) is 11.4 Å². The van der Waals surface area contributed by atoms with Crippen LogP contribution in [-0.2, 0) is 0 Å². The van der Waals surface area contributed by atoms with E-state index < -0.39 is 5.82 Å². The standard InChI is InChI=1S/C15H20ClFO/c1-2-3-4-5-6-7-8-15(18)13-11-12(16)9-10-14(13)17/h9-11H,2-8H2,1H3. The second-order valence-electron chi connectivity index (χ2n) is 4.57. The van der Waals surface area contributed by atoms with Gasteiger partial charge < -0.3 is 0 Å². The smallest absolute Gasteiger partial charge is 0.165 e. The minimum atomic E-state index is -0.476. The van der Waals surface area contributed by atoms with Crippen molar-refractivity contribution in [3.8, 4) is 0 Å². The van der Waals surface area contributed by atoms with Crippen molar-refractivity contribution in [2.75, 3.05) is 0 Å². The molecule has 1 aromatic rings. The fraction of sp³-hybridized carbons (Fsp3) is 0.533. The first-order chi connectivity index (χ1) is 8.65. The summed E-state index contributed by atoms with van der Waals surface area (Å²) in [6.45, 7) is 2.17. The number of halogens is 2. The van der Waals surface area contributed by atoms with Crippen LogP contribution in [0.2, 0.25) is 5.02 Å². The van der Waals surface area contributed by atoms with Crippen LogP contribution >= 0.6 is 11.6 Å². The Bertz CT molecular complexity index is 390. The number of rotatable bonds is 8. The average Bonchev–Trinajstić information content (AvgIpc) is 2.36. The van der Waals surface area contributed by atoms with Gasteiger partial charge in [0.15, 0.2) is 5.78 Å². The second-order valence-corrected chi connectivity index (χ2v) is 5.00. The summed E-state index contributed by atoms with van der Waals surface area (Å²) in [6, 6.07) is 4.12. The highest BCUT2D eigenvalue weighted by molar-refractivity contribution is 6.31. The van der Waals surface area contributed by atoms with Gasteiger partial charge in [0.1, 0.15) is 5.82 Å². The Hall–Kier alpha value is -0.890. The van der Waals surface area contributed by atoms with Gasteiger partial charge in [0.25, 0.3) is 0 Å². The molecule has 1 aromatic carbocycles. The van der Waals surface area contributed by atoms with E-state index in [1.54, 1.807) is 0 Å². The van der Waals surface area contributed by atoms with Gasteiger partial charge in [-0.2, -0.15) is 0 Å². The van der Waals surface area contributed by atoms with Crippen LogP contribution in [0.5, 0.6) is 0 Å². The highest BCUT2D eigenvalue weighted by Crippen LogP contribution is 2.18. The molecule has 3 heteroatoms. The first kappa shape index (κ1) is 15.2. The van der Waals surface area contributed by atoms with Crippen LogP contribution < -0.4 is 0 Å². The first-order valence-electron chi connectivity index (χ1n) is 6.63. The molecule has 1 rings (SSSR count). The molecule has 1 nitrogen and oxygen atoms in total. The molecule has 0 aliphatic carbocycles. The van der Waals surface area contributed by atoms with Gasteiger partial charge in [-0.1, -0.05) is 50.6 Å². The molecule has 0 radical (unpaired) electrons. The number of hydrogen-bond donors (Lipinski definition) is 0. The third kappa shape index (κ3) is 5.18. The molecule has 0 atom stereocenters. The van der Waals surface area contributed by atoms with Crippen LogP contribution in [0.1, 0.15) is 62.2 Å². The van der Waals surface area contributed by atoms with E-state index in [0.717, 1.165) is 19.3 Å². The molecule has 0 heterocycles. The van der Waals surface area contributed by atoms with Crippen LogP contribution in [-0.4, -0.2) is 5.78 Å². The maximum Gasteiger partial charge on any atom is 0.165 e. The molecule has 0 fully saturated rings. The molecule has 0 saturated heterocycles. The van der Waals surface area contributed by atoms with Gasteiger partial charge in [-0.15, -0.1) is 0 Å². The number of unbranched alkanes of at least 4 members (excludes halogenated alkanes) is 5. The summed E-state index contributed by atoms with van der Waals surface area (Å²) in [5, 5.41) is 0.405. The zero-order chi connectivity index (χ0) is 13.4. The minimum absolute atomic E-state index is 0.121. The van der Waals surface area contributed by atoms with Crippen LogP contribution in [0.15, 0.2) is 18.2 Å². The van der Waals surface area contributed by atoms with Crippen molar-refractivity contribution >= 4 is 17.4 Å². The zero-order valence-corrected chi connectivity index (χ0v) is 11.6. The summed E-state index contributed by atoms with van der Waals surface area (Å²) >= 11 is 5.76. The van der Waals surface area contributed by atoms with Crippen molar-refractivity contribution in [3.05, 3.63) is 34.6 Å². The number of Topliss-reactive ketones (excluding diaryl/α,β-unsaturated/α-hetero) is 1. The third-order valence-corrected chi connectivity index (χ3v) is 3.22. The molecule has 18 heavy (non-hydrogen) atoms. The third-order valence-electron chi connectivity index (χ3n) is 2.99. The molecule has 0 aliphatic heterocycles. The van der Waals surface area contributed by atoms with E-state index in [0.29, 0.717) is 11.4 Å². The lowest BCUT2D eigenvalue weighted by Crippen LogP contribution is -2.02. The highest BCUT2D eigenvalue weighted by Gasteiger charge is 2.11. The molecule has 0 spiro atoms. The predicted molar refractivity (Wildman–Crippen MR) is 73.7 cm³/mol. The van der Waals surface area contributed by atoms with E-state index >= 15 is 0 Å². The van der Waals surface area contributed by atoms with Crippen LogP contribution in [0.25, 0.3) is 0 Å². The number of carbonyl (C=O) groups excluding carboxylic acids is 1. The summed E-state index contributed by atoms with van der Waals surface area (Å²) in [6.07, 6.45) is 7.10. The lowest BCUT2D eigenvalue weighted by Gasteiger charge is -2.03. The van der Waals surface area contributed by atoms with Crippen molar-refractivity contribution in [2.24, 2.45) is 0 Å². The van der Waals surface area contributed by atoms with E-state index in [4.69, 9.17) is 11.6 Å². The Morgan fingerprint density at radius 2 is 1.83 bits per heavy atom. The lowest BCUT2D eigenvalue weighted by atomic mass is 10.0. The fourth-order valence-electron chi connectivity index (χ4n) is 1.91. The molecule has 0 saturated carbocycles. The summed E-state index contributed by atoms with van der Waals surface area (Å²) in [5.41, 5.74) is 0.121. The normalized spacial score (nSPS) is 10.6. The van der Waals surface area contributed by atoms with Gasteiger partial charge in [0.05, 0.1) is 5.56 Å². The maximum absolute atomic E-state index is 13.4. The molecule has 0 unspecified atom stereocenters. The summed E-state index contributed by atoms with van der Waals surface area (Å²) in [7, 11) is 0. The molecular formula is C15H20ClFO. The maximum atomic E-state index is 13.4. The topological polar surface area (TPSA) is 17.1 Å². The number of hydrogen-bond acceptors (Lipinski definition) is 1. The van der Waals surface area contributed by atoms with Gasteiger partial charge in [0.2, 0.25) is 0 Å². The van der Waals surface area contributed by atoms with Crippen molar-refractivity contribution in [2.45, 2.75) is 51.9 Å². The Morgan fingerprint density at radius 1 is 1.17 bits per heavy atom. The second kappa shape index (κ2) is 8.25. The molecule has 0 N–H and O–H groups in total. The predicted octanol–water partition coefficient (Wildman–Crippen LogP) is 5.41. The van der Waals surface area contributed by atoms with E-state index in [1.165, 1.54) is 37.5 Å². The van der Waals surface area contributed by atoms with E-state index in [9.17, 15) is 9.18 Å². The van der Waals surface area contributed by atoms with Crippen molar-refractivity contribution < 1.29 is 9.18 Å². The summed E-state index contributed by atoms with van der Waals surface area (Å²) in [4.78, 5) is 11.8. The molecule has 0 aliphatic rings. The molecule has 0 amide bonds. The van der Waals surface area contributed by atoms with E-state index in [1.807, 2.05) is 0 Å². The molecule has 0 bridgehead atoms.